The number of alkyl carbamates (subject to hydrolysis) is 1. The van der Waals surface area contributed by atoms with Gasteiger partial charge in [0.05, 0.1) is 0 Å². The molecule has 0 unspecified atom stereocenters. The number of hydrogen-bond donors (Lipinski definition) is 3. The second-order valence-electron chi connectivity index (χ2n) is 7.11. The third-order valence-electron chi connectivity index (χ3n) is 3.68. The lowest BCUT2D eigenvalue weighted by molar-refractivity contribution is 0.0527. The quantitative estimate of drug-likeness (QED) is 0.220. The van der Waals surface area contributed by atoms with Crippen molar-refractivity contribution in [2.45, 2.75) is 52.1 Å². The molecule has 25 heavy (non-hydrogen) atoms. The third-order valence-corrected chi connectivity index (χ3v) is 3.68. The Morgan fingerprint density at radius 2 is 1.60 bits per heavy atom. The van der Waals surface area contributed by atoms with Crippen molar-refractivity contribution in [3.8, 4) is 0 Å². The number of guanidine groups is 1. The molecule has 1 rings (SSSR count). The van der Waals surface area contributed by atoms with E-state index in [1.165, 1.54) is 25.9 Å². The summed E-state index contributed by atoms with van der Waals surface area (Å²) in [6, 6.07) is 0. The fourth-order valence-corrected chi connectivity index (χ4v) is 2.54. The number of aliphatic imine (C=N–C) groups is 1. The normalized spacial score (nSPS) is 15.4. The van der Waals surface area contributed by atoms with Crippen LogP contribution >= 0.6 is 24.0 Å². The highest BCUT2D eigenvalue weighted by Gasteiger charge is 2.15. The summed E-state index contributed by atoms with van der Waals surface area (Å²) in [5.74, 6) is 0.814. The average Bonchev–Trinajstić information content (AvgIpc) is 3.00. The van der Waals surface area contributed by atoms with Gasteiger partial charge in [-0.25, -0.2) is 4.79 Å². The van der Waals surface area contributed by atoms with Crippen LogP contribution in [-0.2, 0) is 4.74 Å². The smallest absolute Gasteiger partial charge is 0.407 e. The second-order valence-corrected chi connectivity index (χ2v) is 7.11. The number of ether oxygens (including phenoxy) is 1. The summed E-state index contributed by atoms with van der Waals surface area (Å²) in [6.07, 6.45) is 4.25. The molecule has 0 aromatic carbocycles. The Bertz CT molecular complexity index is 393. The zero-order chi connectivity index (χ0) is 17.8. The van der Waals surface area contributed by atoms with Crippen LogP contribution in [0.1, 0.15) is 46.5 Å². The molecule has 1 saturated heterocycles. The molecule has 1 amide bonds. The summed E-state index contributed by atoms with van der Waals surface area (Å²) in [5, 5.41) is 9.32. The molecule has 148 valence electrons. The lowest BCUT2D eigenvalue weighted by atomic mass is 10.2. The van der Waals surface area contributed by atoms with Crippen LogP contribution in [0.4, 0.5) is 4.79 Å². The van der Waals surface area contributed by atoms with Crippen LogP contribution in [0.15, 0.2) is 4.99 Å². The molecule has 0 radical (unpaired) electrons. The molecule has 0 saturated carbocycles. The Morgan fingerprint density at radius 3 is 2.16 bits per heavy atom. The highest BCUT2D eigenvalue weighted by Crippen LogP contribution is 2.07. The molecule has 1 fully saturated rings. The first kappa shape index (κ1) is 24.2. The van der Waals surface area contributed by atoms with Crippen molar-refractivity contribution < 1.29 is 9.53 Å². The topological polar surface area (TPSA) is 78.0 Å². The van der Waals surface area contributed by atoms with Crippen LogP contribution in [0.5, 0.6) is 0 Å². The minimum absolute atomic E-state index is 0. The lowest BCUT2D eigenvalue weighted by Crippen LogP contribution is -2.40. The van der Waals surface area contributed by atoms with E-state index in [4.69, 9.17) is 4.74 Å². The number of rotatable bonds is 8. The molecule has 0 atom stereocenters. The first-order valence-corrected chi connectivity index (χ1v) is 9.04. The highest BCUT2D eigenvalue weighted by atomic mass is 127. The molecule has 0 aromatic rings. The van der Waals surface area contributed by atoms with E-state index in [0.717, 1.165) is 38.4 Å². The predicted molar refractivity (Wildman–Crippen MR) is 114 cm³/mol. The number of amides is 1. The fourth-order valence-electron chi connectivity index (χ4n) is 2.54. The first-order valence-electron chi connectivity index (χ1n) is 9.04. The van der Waals surface area contributed by atoms with Crippen LogP contribution in [0, 0.1) is 0 Å². The van der Waals surface area contributed by atoms with Crippen LogP contribution in [0.25, 0.3) is 0 Å². The minimum atomic E-state index is -0.455. The lowest BCUT2D eigenvalue weighted by Gasteiger charge is -2.19. The fraction of sp³-hybridized carbons (Fsp3) is 0.882. The van der Waals surface area contributed by atoms with Gasteiger partial charge in [-0.3, -0.25) is 4.99 Å². The van der Waals surface area contributed by atoms with Crippen molar-refractivity contribution in [1.82, 2.24) is 20.9 Å². The second kappa shape index (κ2) is 13.4. The van der Waals surface area contributed by atoms with Crippen molar-refractivity contribution >= 4 is 36.0 Å². The van der Waals surface area contributed by atoms with Crippen molar-refractivity contribution in [3.63, 3.8) is 0 Å². The summed E-state index contributed by atoms with van der Waals surface area (Å²) >= 11 is 0. The van der Waals surface area contributed by atoms with E-state index in [1.54, 1.807) is 7.05 Å². The zero-order valence-electron chi connectivity index (χ0n) is 16.2. The van der Waals surface area contributed by atoms with Crippen LogP contribution in [-0.4, -0.2) is 68.9 Å². The maximum absolute atomic E-state index is 11.5. The number of likely N-dealkylation sites (tertiary alicyclic amines) is 1. The molecule has 1 aliphatic rings. The SMILES string of the molecule is CN=C(NCCCNC(=O)OC(C)(C)C)NCCCN1CCCC1.I. The summed E-state index contributed by atoms with van der Waals surface area (Å²) in [4.78, 5) is 18.2. The van der Waals surface area contributed by atoms with Gasteiger partial charge in [0.15, 0.2) is 5.96 Å². The van der Waals surface area contributed by atoms with Crippen molar-refractivity contribution in [2.24, 2.45) is 4.99 Å². The van der Waals surface area contributed by atoms with Gasteiger partial charge in [0.25, 0.3) is 0 Å². The summed E-state index contributed by atoms with van der Waals surface area (Å²) < 4.78 is 5.18. The molecule has 7 nitrogen and oxygen atoms in total. The van der Waals surface area contributed by atoms with Crippen LogP contribution in [0.3, 0.4) is 0 Å². The maximum atomic E-state index is 11.5. The first-order chi connectivity index (χ1) is 11.4. The van der Waals surface area contributed by atoms with Crippen molar-refractivity contribution in [2.75, 3.05) is 46.3 Å². The van der Waals surface area contributed by atoms with E-state index in [1.807, 2.05) is 20.8 Å². The van der Waals surface area contributed by atoms with Gasteiger partial charge in [0, 0.05) is 26.7 Å². The molecular formula is C17H36IN5O2. The van der Waals surface area contributed by atoms with Gasteiger partial charge in [-0.2, -0.15) is 0 Å². The maximum Gasteiger partial charge on any atom is 0.407 e. The molecule has 0 aliphatic carbocycles. The van der Waals surface area contributed by atoms with E-state index in [0.29, 0.717) is 6.54 Å². The number of nitrogens with zero attached hydrogens (tertiary/aromatic N) is 2. The van der Waals surface area contributed by atoms with Gasteiger partial charge < -0.3 is 25.6 Å². The van der Waals surface area contributed by atoms with Gasteiger partial charge in [0.1, 0.15) is 5.60 Å². The standard InChI is InChI=1S/C17H35N5O2.HI/c1-17(2,3)24-16(23)21-10-7-9-19-15(18-4)20-11-8-14-22-12-5-6-13-22;/h5-14H2,1-4H3,(H,21,23)(H2,18,19,20);1H. The molecule has 0 bridgehead atoms. The molecule has 1 heterocycles. The Balaban J connectivity index is 0.00000576. The van der Waals surface area contributed by atoms with Gasteiger partial charge in [0.2, 0.25) is 0 Å². The molecule has 8 heteroatoms. The number of hydrogen-bond acceptors (Lipinski definition) is 4. The van der Waals surface area contributed by atoms with Gasteiger partial charge in [-0.1, -0.05) is 0 Å². The van der Waals surface area contributed by atoms with E-state index >= 15 is 0 Å². The monoisotopic (exact) mass is 469 g/mol. The predicted octanol–water partition coefficient (Wildman–Crippen LogP) is 2.17. The van der Waals surface area contributed by atoms with Gasteiger partial charge in [-0.05, 0) is 66.1 Å². The largest absolute Gasteiger partial charge is 0.444 e. The van der Waals surface area contributed by atoms with Crippen LogP contribution in [0.2, 0.25) is 0 Å². The molecule has 0 spiro atoms. The molecule has 1 aliphatic heterocycles. The van der Waals surface area contributed by atoms with E-state index in [2.05, 4.69) is 25.8 Å². The molecule has 0 aromatic heterocycles. The minimum Gasteiger partial charge on any atom is -0.444 e. The summed E-state index contributed by atoms with van der Waals surface area (Å²) in [7, 11) is 1.77. The van der Waals surface area contributed by atoms with Gasteiger partial charge >= 0.3 is 6.09 Å². The summed E-state index contributed by atoms with van der Waals surface area (Å²) in [5.41, 5.74) is -0.455. The molecular weight excluding hydrogens is 433 g/mol. The van der Waals surface area contributed by atoms with E-state index in [9.17, 15) is 4.79 Å². The zero-order valence-corrected chi connectivity index (χ0v) is 18.5. The van der Waals surface area contributed by atoms with E-state index in [-0.39, 0.29) is 30.1 Å². The molecule has 3 N–H and O–H groups in total. The average molecular weight is 469 g/mol. The number of nitrogens with one attached hydrogen (secondary N) is 3. The van der Waals surface area contributed by atoms with Crippen molar-refractivity contribution in [3.05, 3.63) is 0 Å². The van der Waals surface area contributed by atoms with Crippen LogP contribution < -0.4 is 16.0 Å². The highest BCUT2D eigenvalue weighted by molar-refractivity contribution is 14.0. The Hall–Kier alpha value is -0.770. The van der Waals surface area contributed by atoms with Crippen molar-refractivity contribution in [1.29, 1.82) is 0 Å². The number of carbonyl (C=O) groups excluding carboxylic acids is 1. The van der Waals surface area contributed by atoms with E-state index < -0.39 is 5.60 Å². The van der Waals surface area contributed by atoms with Gasteiger partial charge in [-0.15, -0.1) is 24.0 Å². The third kappa shape index (κ3) is 13.1. The Morgan fingerprint density at radius 1 is 1.04 bits per heavy atom. The Labute approximate surface area is 169 Å². The number of halogens is 1. The number of carbonyl (C=O) groups is 1. The Kier molecular flexibility index (Phi) is 13.0. The summed E-state index contributed by atoms with van der Waals surface area (Å²) in [6.45, 7) is 11.5.